The summed E-state index contributed by atoms with van der Waals surface area (Å²) in [5.41, 5.74) is 1.93. The smallest absolute Gasteiger partial charge is 0.427 e. The minimum absolute atomic E-state index is 0.0589. The molecular weight excluding hydrogens is 266 g/mol. The molecule has 0 aromatic rings. The highest BCUT2D eigenvalue weighted by Crippen LogP contribution is 2.01. The van der Waals surface area contributed by atoms with E-state index in [1.807, 2.05) is 10.3 Å². The molecule has 0 spiro atoms. The van der Waals surface area contributed by atoms with E-state index in [-0.39, 0.29) is 5.57 Å². The number of hydrogen-bond donors (Lipinski definition) is 2. The van der Waals surface area contributed by atoms with Crippen LogP contribution in [0.2, 0.25) is 0 Å². The number of hydrogen-bond acceptors (Lipinski definition) is 7. The van der Waals surface area contributed by atoms with Gasteiger partial charge in [-0.1, -0.05) is 0 Å². The van der Waals surface area contributed by atoms with E-state index in [1.54, 1.807) is 6.07 Å². The maximum atomic E-state index is 11.7. The van der Waals surface area contributed by atoms with Gasteiger partial charge in [-0.05, 0) is 0 Å². The molecule has 20 heavy (non-hydrogen) atoms. The molecule has 0 aromatic heterocycles. The molecule has 1 aliphatic heterocycles. The highest BCUT2D eigenvalue weighted by atomic mass is 16.5. The van der Waals surface area contributed by atoms with Gasteiger partial charge >= 0.3 is 6.09 Å². The first kappa shape index (κ1) is 15.5. The van der Waals surface area contributed by atoms with Crippen molar-refractivity contribution < 1.29 is 19.1 Å². The number of hydrazone groups is 1. The van der Waals surface area contributed by atoms with Crippen LogP contribution in [0.4, 0.5) is 4.79 Å². The van der Waals surface area contributed by atoms with Crippen LogP contribution in [0.5, 0.6) is 0 Å². The molecular formula is C11H15N5O4. The van der Waals surface area contributed by atoms with Gasteiger partial charge in [0.25, 0.3) is 5.91 Å². The summed E-state index contributed by atoms with van der Waals surface area (Å²) in [7, 11) is 1.18. The van der Waals surface area contributed by atoms with Gasteiger partial charge in [0.2, 0.25) is 0 Å². The fraction of sp³-hybridized carbons (Fsp3) is 0.455. The quantitative estimate of drug-likeness (QED) is 0.228. The molecule has 1 rings (SSSR count). The largest absolute Gasteiger partial charge is 0.452 e. The van der Waals surface area contributed by atoms with Crippen LogP contribution in [0.25, 0.3) is 0 Å². The van der Waals surface area contributed by atoms with E-state index in [2.05, 4.69) is 15.2 Å². The summed E-state index contributed by atoms with van der Waals surface area (Å²) in [5, 5.41) is 14.6. The maximum Gasteiger partial charge on any atom is 0.427 e. The van der Waals surface area contributed by atoms with E-state index in [0.717, 1.165) is 6.34 Å². The molecule has 2 amide bonds. The van der Waals surface area contributed by atoms with Crippen LogP contribution in [-0.4, -0.2) is 56.7 Å². The van der Waals surface area contributed by atoms with Crippen molar-refractivity contribution in [1.29, 1.82) is 5.26 Å². The molecule has 9 heteroatoms. The molecule has 1 saturated heterocycles. The Labute approximate surface area is 115 Å². The molecule has 0 saturated carbocycles. The number of amides is 2. The zero-order valence-electron chi connectivity index (χ0n) is 11.0. The van der Waals surface area contributed by atoms with Crippen molar-refractivity contribution in [3.8, 4) is 6.07 Å². The zero-order chi connectivity index (χ0) is 14.8. The van der Waals surface area contributed by atoms with Crippen LogP contribution in [0.3, 0.4) is 0 Å². The summed E-state index contributed by atoms with van der Waals surface area (Å²) < 4.78 is 9.43. The Morgan fingerprint density at radius 2 is 2.15 bits per heavy atom. The van der Waals surface area contributed by atoms with Gasteiger partial charge in [-0.15, -0.1) is 0 Å². The third-order valence-electron chi connectivity index (χ3n) is 2.32. The number of ether oxygens (including phenoxy) is 2. The first-order valence-electron chi connectivity index (χ1n) is 5.77. The normalized spacial score (nSPS) is 15.6. The van der Waals surface area contributed by atoms with Crippen molar-refractivity contribution in [3.05, 3.63) is 11.8 Å². The fourth-order valence-electron chi connectivity index (χ4n) is 1.33. The van der Waals surface area contributed by atoms with Gasteiger partial charge in [-0.2, -0.15) is 10.4 Å². The van der Waals surface area contributed by atoms with Crippen LogP contribution in [0, 0.1) is 11.3 Å². The second-order valence-electron chi connectivity index (χ2n) is 3.64. The number of carbonyl (C=O) groups is 2. The SMILES string of the molecule is COC(=O)NN=CNC(=O)C(C#N)=CN1CCOCC1. The molecule has 2 N–H and O–H groups in total. The summed E-state index contributed by atoms with van der Waals surface area (Å²) in [5.74, 6) is -0.616. The average molecular weight is 281 g/mol. The second-order valence-corrected chi connectivity index (χ2v) is 3.64. The molecule has 0 aliphatic carbocycles. The van der Waals surface area contributed by atoms with E-state index in [0.29, 0.717) is 26.3 Å². The van der Waals surface area contributed by atoms with Crippen molar-refractivity contribution in [2.45, 2.75) is 0 Å². The number of nitrogens with one attached hydrogen (secondary N) is 2. The highest BCUT2D eigenvalue weighted by molar-refractivity contribution is 6.02. The Kier molecular flexibility index (Phi) is 6.56. The lowest BCUT2D eigenvalue weighted by Crippen LogP contribution is -2.34. The number of nitriles is 1. The Bertz CT molecular complexity index is 448. The predicted octanol–water partition coefficient (Wildman–Crippen LogP) is -0.858. The van der Waals surface area contributed by atoms with Gasteiger partial charge in [0.1, 0.15) is 18.0 Å². The Hall–Kier alpha value is -2.60. The van der Waals surface area contributed by atoms with E-state index in [1.165, 1.54) is 13.3 Å². The van der Waals surface area contributed by atoms with Gasteiger partial charge in [0, 0.05) is 19.3 Å². The monoisotopic (exact) mass is 281 g/mol. The van der Waals surface area contributed by atoms with E-state index >= 15 is 0 Å². The van der Waals surface area contributed by atoms with Crippen LogP contribution in [0.1, 0.15) is 0 Å². The van der Waals surface area contributed by atoms with E-state index in [4.69, 9.17) is 10.00 Å². The number of nitrogens with zero attached hydrogens (tertiary/aromatic N) is 3. The fourth-order valence-corrected chi connectivity index (χ4v) is 1.33. The molecule has 9 nitrogen and oxygen atoms in total. The lowest BCUT2D eigenvalue weighted by molar-refractivity contribution is -0.115. The van der Waals surface area contributed by atoms with Gasteiger partial charge in [0.15, 0.2) is 0 Å². The maximum absolute atomic E-state index is 11.7. The minimum atomic E-state index is -0.764. The minimum Gasteiger partial charge on any atom is -0.452 e. The topological polar surface area (TPSA) is 116 Å². The van der Waals surface area contributed by atoms with Gasteiger partial charge in [0.05, 0.1) is 20.3 Å². The Balaban J connectivity index is 2.48. The first-order chi connectivity index (χ1) is 9.67. The molecule has 1 heterocycles. The predicted molar refractivity (Wildman–Crippen MR) is 68.3 cm³/mol. The summed E-state index contributed by atoms with van der Waals surface area (Å²) in [4.78, 5) is 24.2. The molecule has 0 atom stereocenters. The number of carbonyl (C=O) groups excluding carboxylic acids is 2. The Morgan fingerprint density at radius 3 is 2.75 bits per heavy atom. The summed E-state index contributed by atoms with van der Waals surface area (Å²) in [6.07, 6.45) is 1.67. The van der Waals surface area contributed by atoms with E-state index in [9.17, 15) is 9.59 Å². The molecule has 0 aromatic carbocycles. The summed E-state index contributed by atoms with van der Waals surface area (Å²) >= 11 is 0. The summed E-state index contributed by atoms with van der Waals surface area (Å²) in [6.45, 7) is 2.36. The van der Waals surface area contributed by atoms with Gasteiger partial charge < -0.3 is 19.7 Å². The van der Waals surface area contributed by atoms with Crippen molar-refractivity contribution in [2.24, 2.45) is 5.10 Å². The second kappa shape index (κ2) is 8.49. The van der Waals surface area contributed by atoms with Crippen LogP contribution < -0.4 is 10.7 Å². The highest BCUT2D eigenvalue weighted by Gasteiger charge is 2.12. The van der Waals surface area contributed by atoms with E-state index < -0.39 is 12.0 Å². The van der Waals surface area contributed by atoms with Gasteiger partial charge in [-0.25, -0.2) is 10.2 Å². The third kappa shape index (κ3) is 5.36. The first-order valence-corrected chi connectivity index (χ1v) is 5.77. The average Bonchev–Trinajstić information content (AvgIpc) is 2.49. The molecule has 0 unspecified atom stereocenters. The Morgan fingerprint density at radius 1 is 1.45 bits per heavy atom. The van der Waals surface area contributed by atoms with Crippen molar-refractivity contribution >= 4 is 18.3 Å². The number of morpholine rings is 1. The molecule has 1 aliphatic rings. The zero-order valence-corrected chi connectivity index (χ0v) is 11.0. The number of rotatable bonds is 4. The van der Waals surface area contributed by atoms with Crippen molar-refractivity contribution in [2.75, 3.05) is 33.4 Å². The van der Waals surface area contributed by atoms with Crippen LogP contribution in [-0.2, 0) is 14.3 Å². The standard InChI is InChI=1S/C11H15N5O4/c1-19-11(18)15-14-8-13-10(17)9(6-12)7-16-2-4-20-5-3-16/h7-8H,2-5H2,1H3,(H,15,18)(H,13,14,17). The lowest BCUT2D eigenvalue weighted by Gasteiger charge is -2.25. The van der Waals surface area contributed by atoms with Crippen molar-refractivity contribution in [3.63, 3.8) is 0 Å². The van der Waals surface area contributed by atoms with Crippen molar-refractivity contribution in [1.82, 2.24) is 15.6 Å². The third-order valence-corrected chi connectivity index (χ3v) is 2.32. The molecule has 1 fully saturated rings. The summed E-state index contributed by atoms with van der Waals surface area (Å²) in [6, 6.07) is 1.80. The molecule has 108 valence electrons. The number of methoxy groups -OCH3 is 1. The molecule has 0 bridgehead atoms. The van der Waals surface area contributed by atoms with Gasteiger partial charge in [-0.3, -0.25) is 4.79 Å². The van der Waals surface area contributed by atoms with Crippen LogP contribution in [0.15, 0.2) is 16.9 Å². The van der Waals surface area contributed by atoms with Crippen LogP contribution >= 0.6 is 0 Å². The molecule has 0 radical (unpaired) electrons. The lowest BCUT2D eigenvalue weighted by atomic mass is 10.3.